The van der Waals surface area contributed by atoms with E-state index in [1.165, 1.54) is 6.42 Å². The van der Waals surface area contributed by atoms with Crippen LogP contribution in [0, 0.1) is 0 Å². The van der Waals surface area contributed by atoms with Crippen LogP contribution < -0.4 is 4.90 Å². The van der Waals surface area contributed by atoms with Gasteiger partial charge in [0.05, 0.1) is 12.7 Å². The summed E-state index contributed by atoms with van der Waals surface area (Å²) in [5, 5.41) is 15.6. The number of halogens is 2. The predicted molar refractivity (Wildman–Crippen MR) is 135 cm³/mol. The number of alkyl halides is 2. The highest BCUT2D eigenvalue weighted by molar-refractivity contribution is 5.65. The van der Waals surface area contributed by atoms with E-state index >= 15 is 0 Å². The van der Waals surface area contributed by atoms with Gasteiger partial charge in [-0.25, -0.2) is 4.68 Å². The summed E-state index contributed by atoms with van der Waals surface area (Å²) >= 11 is 0. The molecule has 194 valence electrons. The summed E-state index contributed by atoms with van der Waals surface area (Å²) < 4.78 is 32.0. The Labute approximate surface area is 213 Å². The first-order valence-corrected chi connectivity index (χ1v) is 12.2. The van der Waals surface area contributed by atoms with Crippen molar-refractivity contribution in [2.24, 2.45) is 0 Å². The quantitative estimate of drug-likeness (QED) is 0.334. The van der Waals surface area contributed by atoms with Crippen molar-refractivity contribution in [3.8, 4) is 22.7 Å². The Morgan fingerprint density at radius 1 is 0.973 bits per heavy atom. The lowest BCUT2D eigenvalue weighted by atomic mass is 10.1. The first-order chi connectivity index (χ1) is 18.0. The van der Waals surface area contributed by atoms with Crippen LogP contribution in [0.15, 0.2) is 59.1 Å². The number of anilines is 1. The molecule has 0 aliphatic carbocycles. The molecular formula is C26H29F2N7O2. The molecule has 0 spiro atoms. The molecule has 5 rings (SSSR count). The highest BCUT2D eigenvalue weighted by Gasteiger charge is 2.18. The smallest absolute Gasteiger partial charge is 0.314 e. The van der Waals surface area contributed by atoms with Crippen molar-refractivity contribution in [1.29, 1.82) is 0 Å². The topological polar surface area (TPSA) is 93.2 Å². The fourth-order valence-electron chi connectivity index (χ4n) is 3.83. The van der Waals surface area contributed by atoms with Gasteiger partial charge in [0.2, 0.25) is 12.3 Å². The summed E-state index contributed by atoms with van der Waals surface area (Å²) in [5.41, 5.74) is 4.33. The van der Waals surface area contributed by atoms with Crippen LogP contribution in [0.25, 0.3) is 22.7 Å². The van der Waals surface area contributed by atoms with Crippen LogP contribution in [0.3, 0.4) is 0 Å². The Bertz CT molecular complexity index is 1280. The summed E-state index contributed by atoms with van der Waals surface area (Å²) in [6.45, 7) is 7.74. The van der Waals surface area contributed by atoms with Crippen LogP contribution in [-0.2, 0) is 11.3 Å². The van der Waals surface area contributed by atoms with Gasteiger partial charge in [-0.2, -0.15) is 8.78 Å². The van der Waals surface area contributed by atoms with Gasteiger partial charge in [-0.3, -0.25) is 4.79 Å². The zero-order chi connectivity index (χ0) is 26.2. The normalized spacial score (nSPS) is 13.4. The van der Waals surface area contributed by atoms with Gasteiger partial charge >= 0.3 is 6.43 Å². The number of carbonyl (C=O) groups is 1. The molecule has 1 saturated heterocycles. The van der Waals surface area contributed by atoms with Crippen molar-refractivity contribution >= 4 is 12.1 Å². The molecule has 0 bridgehead atoms. The number of rotatable bonds is 7. The largest absolute Gasteiger partial charge is 0.415 e. The van der Waals surface area contributed by atoms with E-state index in [9.17, 15) is 13.6 Å². The first-order valence-electron chi connectivity index (χ1n) is 12.2. The Morgan fingerprint density at radius 2 is 1.70 bits per heavy atom. The van der Waals surface area contributed by atoms with E-state index in [-0.39, 0.29) is 5.89 Å². The van der Waals surface area contributed by atoms with E-state index in [0.29, 0.717) is 25.2 Å². The maximum Gasteiger partial charge on any atom is 0.314 e. The molecule has 0 radical (unpaired) electrons. The van der Waals surface area contributed by atoms with E-state index in [2.05, 4.69) is 51.4 Å². The van der Waals surface area contributed by atoms with Crippen molar-refractivity contribution in [2.45, 2.75) is 33.2 Å². The third-order valence-corrected chi connectivity index (χ3v) is 5.68. The van der Waals surface area contributed by atoms with E-state index in [4.69, 9.17) is 4.42 Å². The molecule has 1 fully saturated rings. The second-order valence-electron chi connectivity index (χ2n) is 8.63. The van der Waals surface area contributed by atoms with Crippen molar-refractivity contribution in [1.82, 2.24) is 30.1 Å². The molecule has 11 heteroatoms. The number of aromatic nitrogens is 5. The van der Waals surface area contributed by atoms with Crippen molar-refractivity contribution in [3.05, 3.63) is 66.2 Å². The number of piperazine rings is 1. The SMILES string of the molecule is CCC.O=CN1CCN(c2cccc(-c3cn(Cc4ccc(-c5nnc(C(F)F)o5)cc4)nn3)c2)CC1. The summed E-state index contributed by atoms with van der Waals surface area (Å²) in [5.74, 6) is -0.640. The minimum Gasteiger partial charge on any atom is -0.415 e. The van der Waals surface area contributed by atoms with Crippen LogP contribution in [-0.4, -0.2) is 62.7 Å². The lowest BCUT2D eigenvalue weighted by Gasteiger charge is -2.34. The van der Waals surface area contributed by atoms with Crippen LogP contribution in [0.1, 0.15) is 38.1 Å². The fraction of sp³-hybridized carbons (Fsp3) is 0.346. The first kappa shape index (κ1) is 25.9. The number of amides is 1. The van der Waals surface area contributed by atoms with Crippen molar-refractivity contribution < 1.29 is 18.0 Å². The Balaban J connectivity index is 0.00000102. The van der Waals surface area contributed by atoms with Gasteiger partial charge in [0.15, 0.2) is 0 Å². The van der Waals surface area contributed by atoms with Crippen LogP contribution in [0.4, 0.5) is 14.5 Å². The minimum absolute atomic E-state index is 0.0531. The second kappa shape index (κ2) is 12.2. The van der Waals surface area contributed by atoms with Crippen molar-refractivity contribution in [2.75, 3.05) is 31.1 Å². The zero-order valence-corrected chi connectivity index (χ0v) is 20.8. The standard InChI is InChI=1S/C23H21F2N7O2.C3H8/c24-21(25)23-28-27-22(34-23)17-6-4-16(5-7-17)13-32-14-20(26-29-32)18-2-1-3-19(12-18)31-10-8-30(15-33)9-11-31;1-3-2/h1-7,12,14-15,21H,8-11,13H2;3H2,1-2H3. The Kier molecular flexibility index (Phi) is 8.55. The molecule has 2 aromatic carbocycles. The predicted octanol–water partition coefficient (Wildman–Crippen LogP) is 4.68. The molecule has 0 unspecified atom stereocenters. The second-order valence-corrected chi connectivity index (χ2v) is 8.63. The Hall–Kier alpha value is -4.15. The summed E-state index contributed by atoms with van der Waals surface area (Å²) in [4.78, 5) is 15.0. The molecule has 0 N–H and O–H groups in total. The van der Waals surface area contributed by atoms with Gasteiger partial charge in [0.1, 0.15) is 5.69 Å². The Morgan fingerprint density at radius 3 is 2.35 bits per heavy atom. The van der Waals surface area contributed by atoms with Gasteiger partial charge in [-0.15, -0.1) is 15.3 Å². The molecule has 0 saturated carbocycles. The van der Waals surface area contributed by atoms with Crippen LogP contribution in [0.2, 0.25) is 0 Å². The van der Waals surface area contributed by atoms with Gasteiger partial charge in [-0.1, -0.05) is 49.7 Å². The summed E-state index contributed by atoms with van der Waals surface area (Å²) in [6.07, 6.45) is 1.23. The lowest BCUT2D eigenvalue weighted by Crippen LogP contribution is -2.45. The third-order valence-electron chi connectivity index (χ3n) is 5.68. The van der Waals surface area contributed by atoms with E-state index < -0.39 is 12.3 Å². The van der Waals surface area contributed by atoms with Gasteiger partial charge in [-0.05, 0) is 29.8 Å². The highest BCUT2D eigenvalue weighted by Crippen LogP contribution is 2.25. The fourth-order valence-corrected chi connectivity index (χ4v) is 3.83. The van der Waals surface area contributed by atoms with Gasteiger partial charge in [0, 0.05) is 43.0 Å². The van der Waals surface area contributed by atoms with Crippen LogP contribution in [0.5, 0.6) is 0 Å². The molecular weight excluding hydrogens is 480 g/mol. The highest BCUT2D eigenvalue weighted by atomic mass is 19.3. The third kappa shape index (κ3) is 6.54. The zero-order valence-electron chi connectivity index (χ0n) is 20.8. The molecule has 1 amide bonds. The number of benzene rings is 2. The van der Waals surface area contributed by atoms with Crippen molar-refractivity contribution in [3.63, 3.8) is 0 Å². The summed E-state index contributed by atoms with van der Waals surface area (Å²) in [7, 11) is 0. The number of hydrogen-bond acceptors (Lipinski definition) is 7. The lowest BCUT2D eigenvalue weighted by molar-refractivity contribution is -0.118. The monoisotopic (exact) mass is 509 g/mol. The van der Waals surface area contributed by atoms with E-state index in [1.54, 1.807) is 21.7 Å². The van der Waals surface area contributed by atoms with E-state index in [1.807, 2.05) is 30.5 Å². The molecule has 2 aromatic heterocycles. The molecule has 0 atom stereocenters. The average molecular weight is 510 g/mol. The number of hydrogen-bond donors (Lipinski definition) is 0. The van der Waals surface area contributed by atoms with E-state index in [0.717, 1.165) is 42.0 Å². The minimum atomic E-state index is -2.80. The maximum atomic E-state index is 12.6. The molecule has 1 aliphatic heterocycles. The maximum absolute atomic E-state index is 12.6. The molecule has 9 nitrogen and oxygen atoms in total. The molecule has 1 aliphatic rings. The molecule has 37 heavy (non-hydrogen) atoms. The van der Waals surface area contributed by atoms with Gasteiger partial charge in [0.25, 0.3) is 5.89 Å². The summed E-state index contributed by atoms with van der Waals surface area (Å²) in [6, 6.07) is 15.3. The molecule has 4 aromatic rings. The average Bonchev–Trinajstić information content (AvgIpc) is 3.61. The number of nitrogens with zero attached hydrogens (tertiary/aromatic N) is 7. The van der Waals surface area contributed by atoms with Gasteiger partial charge < -0.3 is 14.2 Å². The van der Waals surface area contributed by atoms with Crippen LogP contribution >= 0.6 is 0 Å². The number of carbonyl (C=O) groups excluding carboxylic acids is 1. The molecule has 3 heterocycles.